The first-order chi connectivity index (χ1) is 16.8. The van der Waals surface area contributed by atoms with Gasteiger partial charge in [0.15, 0.2) is 12.6 Å². The molecular weight excluding hydrogens is 490 g/mol. The van der Waals surface area contributed by atoms with Crippen molar-refractivity contribution in [3.05, 3.63) is 0 Å². The molecule has 2 heterocycles. The van der Waals surface area contributed by atoms with Crippen LogP contribution in [0.3, 0.4) is 0 Å². The molecule has 12 atom stereocenters. The molecule has 10 N–H and O–H groups in total. The second-order valence-corrected chi connectivity index (χ2v) is 8.68. The lowest BCUT2D eigenvalue weighted by atomic mass is 9.94. The van der Waals surface area contributed by atoms with Crippen LogP contribution >= 0.6 is 0 Å². The Morgan fingerprint density at radius 1 is 0.889 bits per heavy atom. The van der Waals surface area contributed by atoms with Gasteiger partial charge in [0.05, 0.1) is 19.3 Å². The molecule has 36 heavy (non-hydrogen) atoms. The lowest BCUT2D eigenvalue weighted by Gasteiger charge is -2.48. The summed E-state index contributed by atoms with van der Waals surface area (Å²) < 4.78 is 22.6. The molecule has 16 nitrogen and oxygen atoms in total. The van der Waals surface area contributed by atoms with E-state index in [4.69, 9.17) is 29.8 Å². The van der Waals surface area contributed by atoms with Gasteiger partial charge < -0.3 is 66.0 Å². The second kappa shape index (κ2) is 13.0. The zero-order valence-electron chi connectivity index (χ0n) is 20.0. The number of aliphatic hydroxyl groups is 5. The topological polar surface area (TPSA) is 260 Å². The van der Waals surface area contributed by atoms with Gasteiger partial charge in [0.2, 0.25) is 11.8 Å². The van der Waals surface area contributed by atoms with Crippen LogP contribution in [0.15, 0.2) is 0 Å². The van der Waals surface area contributed by atoms with E-state index in [1.54, 1.807) is 0 Å². The molecule has 2 rings (SSSR count). The predicted molar refractivity (Wildman–Crippen MR) is 116 cm³/mol. The van der Waals surface area contributed by atoms with E-state index in [9.17, 15) is 39.9 Å². The molecule has 208 valence electrons. The maximum Gasteiger partial charge on any atom is 0.323 e. The van der Waals surface area contributed by atoms with Crippen molar-refractivity contribution >= 4 is 17.8 Å². The Kier molecular flexibility index (Phi) is 10.9. The van der Waals surface area contributed by atoms with Gasteiger partial charge in [-0.3, -0.25) is 14.4 Å². The quantitative estimate of drug-likeness (QED) is 0.129. The smallest absolute Gasteiger partial charge is 0.323 e. The monoisotopic (exact) mass is 525 g/mol. The van der Waals surface area contributed by atoms with Gasteiger partial charge in [-0.1, -0.05) is 0 Å². The van der Waals surface area contributed by atoms with E-state index in [-0.39, 0.29) is 0 Å². The lowest BCUT2D eigenvalue weighted by Crippen LogP contribution is -2.70. The van der Waals surface area contributed by atoms with E-state index >= 15 is 0 Å². The van der Waals surface area contributed by atoms with Gasteiger partial charge >= 0.3 is 5.97 Å². The number of nitrogens with one attached hydrogen (secondary N) is 2. The van der Waals surface area contributed by atoms with Crippen molar-refractivity contribution < 1.29 is 64.0 Å². The molecule has 0 aliphatic carbocycles. The van der Waals surface area contributed by atoms with E-state index in [1.807, 2.05) is 0 Å². The van der Waals surface area contributed by atoms with Crippen molar-refractivity contribution in [3.8, 4) is 0 Å². The number of rotatable bonds is 10. The first-order valence-corrected chi connectivity index (χ1v) is 11.2. The number of hydrogen-bond acceptors (Lipinski definition) is 13. The van der Waals surface area contributed by atoms with Gasteiger partial charge in [0, 0.05) is 13.8 Å². The highest BCUT2D eigenvalue weighted by Crippen LogP contribution is 2.30. The molecule has 0 aromatic heterocycles. The Morgan fingerprint density at radius 3 is 1.89 bits per heavy atom. The van der Waals surface area contributed by atoms with E-state index in [2.05, 4.69) is 10.6 Å². The largest absolute Gasteiger partial charge is 0.480 e. The Hall–Kier alpha value is -1.99. The fraction of sp³-hybridized carbons (Fsp3) is 0.850. The number of ether oxygens (including phenoxy) is 4. The maximum absolute atomic E-state index is 12.0. The van der Waals surface area contributed by atoms with E-state index in [0.29, 0.717) is 0 Å². The predicted octanol–water partition coefficient (Wildman–Crippen LogP) is -5.28. The third-order valence-electron chi connectivity index (χ3n) is 5.91. The summed E-state index contributed by atoms with van der Waals surface area (Å²) in [4.78, 5) is 34.9. The van der Waals surface area contributed by atoms with Gasteiger partial charge in [-0.15, -0.1) is 0 Å². The molecule has 0 aromatic rings. The van der Waals surface area contributed by atoms with Crippen molar-refractivity contribution in [1.82, 2.24) is 10.6 Å². The fourth-order valence-corrected chi connectivity index (χ4v) is 3.97. The summed E-state index contributed by atoms with van der Waals surface area (Å²) in [6.45, 7) is 2.14. The summed E-state index contributed by atoms with van der Waals surface area (Å²) in [5, 5.41) is 64.9. The average molecular weight is 526 g/mol. The second-order valence-electron chi connectivity index (χ2n) is 8.68. The van der Waals surface area contributed by atoms with Crippen molar-refractivity contribution in [3.63, 3.8) is 0 Å². The third kappa shape index (κ3) is 7.06. The number of carboxylic acid groups (broad SMARTS) is 1. The van der Waals surface area contributed by atoms with Crippen molar-refractivity contribution in [2.24, 2.45) is 5.73 Å². The summed E-state index contributed by atoms with van der Waals surface area (Å²) in [5.74, 6) is -2.62. The number of carbonyl (C=O) groups excluding carboxylic acids is 2. The first kappa shape index (κ1) is 30.2. The van der Waals surface area contributed by atoms with E-state index in [0.717, 1.165) is 13.8 Å². The molecule has 0 spiro atoms. The number of aliphatic hydroxyl groups excluding tert-OH is 5. The van der Waals surface area contributed by atoms with E-state index < -0.39 is 104 Å². The standard InChI is InChI=1S/C20H35N3O13/c1-6(11(21)18(31)32)33-20-13(23-8(3)27)17(15(29)10(5-25)35-20)36-19-12(22-7(2)26)16(30)14(28)9(4-24)34-19/h6,9-17,19-20,24-25,28-30H,4-5,21H2,1-3H3,(H,22,26)(H,23,27)(H,31,32). The van der Waals surface area contributed by atoms with Gasteiger partial charge in [-0.05, 0) is 6.92 Å². The van der Waals surface area contributed by atoms with Crippen molar-refractivity contribution in [1.29, 1.82) is 0 Å². The van der Waals surface area contributed by atoms with E-state index in [1.165, 1.54) is 6.92 Å². The molecule has 12 unspecified atom stereocenters. The summed E-state index contributed by atoms with van der Waals surface area (Å²) in [5.41, 5.74) is 5.59. The van der Waals surface area contributed by atoms with Gasteiger partial charge in [0.1, 0.15) is 54.7 Å². The lowest BCUT2D eigenvalue weighted by molar-refractivity contribution is -0.332. The summed E-state index contributed by atoms with van der Waals surface area (Å²) in [6.07, 6.45) is -13.3. The molecule has 16 heteroatoms. The third-order valence-corrected chi connectivity index (χ3v) is 5.91. The van der Waals surface area contributed by atoms with Gasteiger partial charge in [-0.25, -0.2) is 0 Å². The number of nitrogens with two attached hydrogens (primary N) is 1. The minimum Gasteiger partial charge on any atom is -0.480 e. The summed E-state index contributed by atoms with van der Waals surface area (Å²) in [6, 6.07) is -4.19. The molecule has 2 saturated heterocycles. The number of carbonyl (C=O) groups is 3. The molecule has 0 saturated carbocycles. The van der Waals surface area contributed by atoms with Crippen LogP contribution in [0.25, 0.3) is 0 Å². The van der Waals surface area contributed by atoms with Crippen molar-refractivity contribution in [2.45, 2.75) is 94.2 Å². The highest BCUT2D eigenvalue weighted by molar-refractivity contribution is 5.74. The minimum absolute atomic E-state index is 0.622. The maximum atomic E-state index is 12.0. The highest BCUT2D eigenvalue weighted by atomic mass is 16.7. The van der Waals surface area contributed by atoms with Gasteiger partial charge in [0.25, 0.3) is 0 Å². The molecule has 0 radical (unpaired) electrons. The molecule has 0 bridgehead atoms. The number of aliphatic carboxylic acids is 1. The van der Waals surface area contributed by atoms with Gasteiger partial charge in [-0.2, -0.15) is 0 Å². The number of hydrogen-bond donors (Lipinski definition) is 9. The van der Waals surface area contributed by atoms with Crippen LogP contribution < -0.4 is 16.4 Å². The van der Waals surface area contributed by atoms with Crippen LogP contribution in [-0.2, 0) is 33.3 Å². The highest BCUT2D eigenvalue weighted by Gasteiger charge is 2.52. The van der Waals surface area contributed by atoms with Crippen LogP contribution in [0.5, 0.6) is 0 Å². The molecule has 2 fully saturated rings. The Bertz CT molecular complexity index is 773. The van der Waals surface area contributed by atoms with Crippen LogP contribution in [-0.4, -0.2) is 135 Å². The Labute approximate surface area is 206 Å². The molecule has 0 aromatic carbocycles. The molecule has 2 amide bonds. The minimum atomic E-state index is -1.66. The fourth-order valence-electron chi connectivity index (χ4n) is 3.97. The average Bonchev–Trinajstić information content (AvgIpc) is 2.80. The molecule has 2 aliphatic heterocycles. The van der Waals surface area contributed by atoms with Crippen LogP contribution in [0.4, 0.5) is 0 Å². The molecular formula is C20H35N3O13. The summed E-state index contributed by atoms with van der Waals surface area (Å²) >= 11 is 0. The first-order valence-electron chi connectivity index (χ1n) is 11.2. The van der Waals surface area contributed by atoms with Crippen LogP contribution in [0.2, 0.25) is 0 Å². The number of amides is 2. The zero-order valence-corrected chi connectivity index (χ0v) is 20.0. The zero-order chi connectivity index (χ0) is 27.3. The number of carboxylic acids is 1. The Balaban J connectivity index is 2.41. The Morgan fingerprint density at radius 2 is 1.39 bits per heavy atom. The van der Waals surface area contributed by atoms with Crippen LogP contribution in [0.1, 0.15) is 20.8 Å². The normalized spacial score (nSPS) is 38.6. The van der Waals surface area contributed by atoms with Crippen LogP contribution in [0, 0.1) is 0 Å². The summed E-state index contributed by atoms with van der Waals surface area (Å²) in [7, 11) is 0. The SMILES string of the molecule is CC(=O)NC1C(OC2C(O)C(CO)OC(OC(C)C(N)C(=O)O)C2NC(C)=O)OC(CO)C(O)C1O. The van der Waals surface area contributed by atoms with Crippen molar-refractivity contribution in [2.75, 3.05) is 13.2 Å². The molecule has 2 aliphatic rings.